The molecule has 0 aliphatic heterocycles. The third kappa shape index (κ3) is 3.60. The van der Waals surface area contributed by atoms with Crippen LogP contribution in [0.2, 0.25) is 0 Å². The van der Waals surface area contributed by atoms with Crippen molar-refractivity contribution in [3.05, 3.63) is 77.9 Å². The molecule has 19 heavy (non-hydrogen) atoms. The van der Waals surface area contributed by atoms with Crippen molar-refractivity contribution in [3.63, 3.8) is 0 Å². The van der Waals surface area contributed by atoms with Crippen LogP contribution in [0.15, 0.2) is 71.0 Å². The molecule has 1 N–H and O–H groups in total. The summed E-state index contributed by atoms with van der Waals surface area (Å²) >= 11 is 0. The van der Waals surface area contributed by atoms with E-state index in [1.807, 2.05) is 36.4 Å². The molecule has 3 heteroatoms. The predicted octanol–water partition coefficient (Wildman–Crippen LogP) is 3.62. The second kappa shape index (κ2) is 6.24. The lowest BCUT2D eigenvalue weighted by molar-refractivity contribution is -0.130. The number of benzene rings is 1. The van der Waals surface area contributed by atoms with Gasteiger partial charge in [0.15, 0.2) is 0 Å². The molecule has 2 aromatic rings. The zero-order valence-electron chi connectivity index (χ0n) is 10.1. The van der Waals surface area contributed by atoms with E-state index in [0.29, 0.717) is 0 Å². The Kier molecular flexibility index (Phi) is 4.17. The van der Waals surface area contributed by atoms with Gasteiger partial charge >= 0.3 is 5.97 Å². The van der Waals surface area contributed by atoms with E-state index < -0.39 is 5.97 Å². The Bertz CT molecular complexity index is 628. The number of rotatable bonds is 4. The Labute approximate surface area is 110 Å². The summed E-state index contributed by atoms with van der Waals surface area (Å²) < 4.78 is 5.05. The van der Waals surface area contributed by atoms with Gasteiger partial charge in [0.25, 0.3) is 0 Å². The average molecular weight is 252 g/mol. The van der Waals surface area contributed by atoms with Crippen molar-refractivity contribution < 1.29 is 14.3 Å². The summed E-state index contributed by atoms with van der Waals surface area (Å²) in [6, 6.07) is 12.9. The van der Waals surface area contributed by atoms with Gasteiger partial charge in [0.05, 0.1) is 6.26 Å². The van der Waals surface area contributed by atoms with Crippen molar-refractivity contribution in [1.29, 1.82) is 0 Å². The molecule has 0 fully saturated rings. The lowest BCUT2D eigenvalue weighted by atomic mass is 10.2. The van der Waals surface area contributed by atoms with Crippen molar-refractivity contribution in [2.75, 3.05) is 0 Å². The largest absolute Gasteiger partial charge is 0.477 e. The summed E-state index contributed by atoms with van der Waals surface area (Å²) in [6.07, 6.45) is 6.59. The maximum atomic E-state index is 11.1. The van der Waals surface area contributed by atoms with E-state index >= 15 is 0 Å². The number of carboxylic acid groups (broad SMARTS) is 1. The molecule has 0 aliphatic carbocycles. The van der Waals surface area contributed by atoms with Gasteiger partial charge in [-0.25, -0.2) is 4.79 Å². The molecule has 1 aromatic carbocycles. The summed E-state index contributed by atoms with van der Waals surface area (Å²) in [7, 11) is 0. The zero-order chi connectivity index (χ0) is 13.5. The van der Waals surface area contributed by atoms with Gasteiger partial charge in [-0.3, -0.25) is 0 Å². The fourth-order valence-electron chi connectivity index (χ4n) is 1.51. The van der Waals surface area contributed by atoms with Crippen molar-refractivity contribution in [2.24, 2.45) is 0 Å². The fraction of sp³-hybridized carbons (Fsp3) is 0. The molecule has 2 rings (SSSR count). The van der Waals surface area contributed by atoms with Crippen LogP contribution in [0, 0.1) is 0 Å². The number of carboxylic acids is 1. The predicted molar refractivity (Wildman–Crippen MR) is 73.3 cm³/mol. The molecule has 0 unspecified atom stereocenters. The van der Waals surface area contributed by atoms with Crippen LogP contribution in [0.1, 0.15) is 11.3 Å². The maximum Gasteiger partial charge on any atom is 0.347 e. The Morgan fingerprint density at radius 2 is 1.95 bits per heavy atom. The first-order chi connectivity index (χ1) is 9.27. The maximum absolute atomic E-state index is 11.1. The van der Waals surface area contributed by atoms with Crippen LogP contribution in [0.4, 0.5) is 0 Å². The highest BCUT2D eigenvalue weighted by molar-refractivity contribution is 6.14. The van der Waals surface area contributed by atoms with Gasteiger partial charge < -0.3 is 9.52 Å². The van der Waals surface area contributed by atoms with Crippen LogP contribution < -0.4 is 0 Å². The van der Waals surface area contributed by atoms with Gasteiger partial charge in [-0.15, -0.1) is 5.73 Å². The molecule has 1 heterocycles. The number of allylic oxidation sites excluding steroid dienone is 1. The van der Waals surface area contributed by atoms with Crippen LogP contribution >= 0.6 is 0 Å². The minimum absolute atomic E-state index is 0.00251. The molecule has 94 valence electrons. The highest BCUT2D eigenvalue weighted by atomic mass is 16.4. The summed E-state index contributed by atoms with van der Waals surface area (Å²) in [5.41, 5.74) is 3.74. The van der Waals surface area contributed by atoms with Crippen LogP contribution in [-0.2, 0) is 4.79 Å². The molecule has 0 saturated heterocycles. The molecule has 1 aromatic heterocycles. The second-order valence-electron chi connectivity index (χ2n) is 3.74. The van der Waals surface area contributed by atoms with Crippen LogP contribution in [0.25, 0.3) is 11.6 Å². The summed E-state index contributed by atoms with van der Waals surface area (Å²) in [6.45, 7) is 0. The number of aliphatic carboxylic acids is 1. The molecule has 0 atom stereocenters. The van der Waals surface area contributed by atoms with E-state index in [1.165, 1.54) is 6.26 Å². The SMILES string of the molecule is O=C(O)C(=C=CC=Cc1ccccc1)c1ccco1. The first-order valence-electron chi connectivity index (χ1n) is 5.73. The molecule has 0 aliphatic rings. The van der Waals surface area contributed by atoms with Crippen molar-refractivity contribution in [3.8, 4) is 0 Å². The minimum atomic E-state index is -1.07. The van der Waals surface area contributed by atoms with Crippen LogP contribution in [0.5, 0.6) is 0 Å². The lowest BCUT2D eigenvalue weighted by Crippen LogP contribution is -1.96. The molecular weight excluding hydrogens is 240 g/mol. The normalized spacial score (nSPS) is 10.1. The molecule has 0 saturated carbocycles. The smallest absolute Gasteiger partial charge is 0.347 e. The molecule has 0 spiro atoms. The summed E-state index contributed by atoms with van der Waals surface area (Å²) in [5.74, 6) is -0.781. The van der Waals surface area contributed by atoms with Crippen LogP contribution in [-0.4, -0.2) is 11.1 Å². The average Bonchev–Trinajstić information content (AvgIpc) is 2.93. The van der Waals surface area contributed by atoms with Crippen molar-refractivity contribution in [1.82, 2.24) is 0 Å². The van der Waals surface area contributed by atoms with Gasteiger partial charge in [-0.2, -0.15) is 0 Å². The fourth-order valence-corrected chi connectivity index (χ4v) is 1.51. The van der Waals surface area contributed by atoms with E-state index in [-0.39, 0.29) is 11.3 Å². The number of furan rings is 1. The molecule has 0 radical (unpaired) electrons. The van der Waals surface area contributed by atoms with Crippen molar-refractivity contribution >= 4 is 17.6 Å². The third-order valence-corrected chi connectivity index (χ3v) is 2.39. The van der Waals surface area contributed by atoms with Crippen molar-refractivity contribution in [2.45, 2.75) is 0 Å². The molecule has 0 bridgehead atoms. The summed E-state index contributed by atoms with van der Waals surface area (Å²) in [5, 5.41) is 9.06. The Hall–Kier alpha value is -2.77. The van der Waals surface area contributed by atoms with Gasteiger partial charge in [-0.05, 0) is 23.8 Å². The van der Waals surface area contributed by atoms with E-state index in [0.717, 1.165) is 5.56 Å². The summed E-state index contributed by atoms with van der Waals surface area (Å²) in [4.78, 5) is 11.1. The van der Waals surface area contributed by atoms with Gasteiger partial charge in [0.1, 0.15) is 11.3 Å². The van der Waals surface area contributed by atoms with E-state index in [1.54, 1.807) is 24.3 Å². The standard InChI is InChI=1S/C16H12O3/c17-16(18)14(15-11-6-12-19-15)10-5-4-9-13-7-2-1-3-8-13/h1-9,11-12H,(H,17,18). The topological polar surface area (TPSA) is 50.4 Å². The lowest BCUT2D eigenvalue weighted by Gasteiger charge is -1.92. The minimum Gasteiger partial charge on any atom is -0.477 e. The van der Waals surface area contributed by atoms with Gasteiger partial charge in [0, 0.05) is 0 Å². The number of hydrogen-bond acceptors (Lipinski definition) is 2. The molecular formula is C16H12O3. The highest BCUT2D eigenvalue weighted by Gasteiger charge is 2.11. The Morgan fingerprint density at radius 3 is 2.58 bits per heavy atom. The van der Waals surface area contributed by atoms with E-state index in [4.69, 9.17) is 9.52 Å². The number of hydrogen-bond donors (Lipinski definition) is 1. The molecule has 0 amide bonds. The van der Waals surface area contributed by atoms with E-state index in [9.17, 15) is 4.79 Å². The molecule has 3 nitrogen and oxygen atoms in total. The highest BCUT2D eigenvalue weighted by Crippen LogP contribution is 2.13. The first kappa shape index (κ1) is 12.7. The monoisotopic (exact) mass is 252 g/mol. The van der Waals surface area contributed by atoms with Gasteiger partial charge in [-0.1, -0.05) is 42.5 Å². The first-order valence-corrected chi connectivity index (χ1v) is 5.73. The van der Waals surface area contributed by atoms with E-state index in [2.05, 4.69) is 5.73 Å². The van der Waals surface area contributed by atoms with Crippen LogP contribution in [0.3, 0.4) is 0 Å². The Morgan fingerprint density at radius 1 is 1.16 bits per heavy atom. The third-order valence-electron chi connectivity index (χ3n) is 2.39. The van der Waals surface area contributed by atoms with Gasteiger partial charge in [0.2, 0.25) is 0 Å². The number of carbonyl (C=O) groups is 1. The zero-order valence-corrected chi connectivity index (χ0v) is 10.1. The quantitative estimate of drug-likeness (QED) is 0.513. The Balaban J connectivity index is 2.21. The second-order valence-corrected chi connectivity index (χ2v) is 3.74.